The molecule has 0 heterocycles. The van der Waals surface area contributed by atoms with Crippen LogP contribution in [0.2, 0.25) is 0 Å². The van der Waals surface area contributed by atoms with Crippen molar-refractivity contribution >= 4 is 17.9 Å². The van der Waals surface area contributed by atoms with Gasteiger partial charge in [-0.25, -0.2) is 4.79 Å². The number of rotatable bonds is 14. The van der Waals surface area contributed by atoms with Crippen molar-refractivity contribution in [3.05, 3.63) is 71.8 Å². The monoisotopic (exact) mass is 523 g/mol. The molecule has 0 aliphatic carbocycles. The zero-order valence-corrected chi connectivity index (χ0v) is 23.7. The van der Waals surface area contributed by atoms with Gasteiger partial charge in [0.05, 0.1) is 0 Å². The molecular weight excluding hydrogens is 478 g/mol. The first kappa shape index (κ1) is 30.9. The van der Waals surface area contributed by atoms with Gasteiger partial charge in [-0.1, -0.05) is 93.8 Å². The van der Waals surface area contributed by atoms with Gasteiger partial charge < -0.3 is 20.3 Å². The molecule has 2 rings (SSSR count). The van der Waals surface area contributed by atoms with Gasteiger partial charge in [0.1, 0.15) is 17.7 Å². The lowest BCUT2D eigenvalue weighted by Gasteiger charge is -2.34. The SMILES string of the molecule is CCCCCNC(=O)C(c1ccccc1)N(CCCC)C(=O)C(Cc1ccccc1)NC(=O)OC(C)(C)C. The Morgan fingerprint density at radius 3 is 2.05 bits per heavy atom. The van der Waals surface area contributed by atoms with Gasteiger partial charge >= 0.3 is 6.09 Å². The Morgan fingerprint density at radius 1 is 0.868 bits per heavy atom. The maximum atomic E-state index is 14.2. The van der Waals surface area contributed by atoms with Gasteiger partial charge in [0, 0.05) is 19.5 Å². The summed E-state index contributed by atoms with van der Waals surface area (Å²) in [6.45, 7) is 10.4. The Morgan fingerprint density at radius 2 is 1.47 bits per heavy atom. The van der Waals surface area contributed by atoms with Crippen LogP contribution in [0.25, 0.3) is 0 Å². The van der Waals surface area contributed by atoms with Gasteiger partial charge in [-0.05, 0) is 44.7 Å². The summed E-state index contributed by atoms with van der Waals surface area (Å²) in [5.41, 5.74) is 0.926. The number of hydrogen-bond donors (Lipinski definition) is 2. The van der Waals surface area contributed by atoms with Crippen molar-refractivity contribution in [2.75, 3.05) is 13.1 Å². The summed E-state index contributed by atoms with van der Waals surface area (Å²) in [5, 5.41) is 5.84. The molecule has 0 bridgehead atoms. The Kier molecular flexibility index (Phi) is 12.8. The molecule has 0 fully saturated rings. The first-order valence-corrected chi connectivity index (χ1v) is 13.8. The number of alkyl carbamates (subject to hydrolysis) is 1. The molecule has 7 nitrogen and oxygen atoms in total. The number of unbranched alkanes of at least 4 members (excludes halogenated alkanes) is 3. The van der Waals surface area contributed by atoms with Crippen LogP contribution in [0, 0.1) is 0 Å². The van der Waals surface area contributed by atoms with E-state index in [0.717, 1.165) is 43.2 Å². The average Bonchev–Trinajstić information content (AvgIpc) is 2.88. The smallest absolute Gasteiger partial charge is 0.408 e. The zero-order valence-electron chi connectivity index (χ0n) is 23.7. The lowest BCUT2D eigenvalue weighted by Crippen LogP contribution is -2.54. The van der Waals surface area contributed by atoms with Crippen LogP contribution in [0.3, 0.4) is 0 Å². The first-order chi connectivity index (χ1) is 18.2. The second kappa shape index (κ2) is 15.8. The number of hydrogen-bond acceptors (Lipinski definition) is 4. The molecule has 0 saturated heterocycles. The molecule has 2 unspecified atom stereocenters. The van der Waals surface area contributed by atoms with Crippen molar-refractivity contribution < 1.29 is 19.1 Å². The van der Waals surface area contributed by atoms with E-state index >= 15 is 0 Å². The van der Waals surface area contributed by atoms with Crippen LogP contribution in [-0.2, 0) is 20.7 Å². The number of benzene rings is 2. The molecule has 38 heavy (non-hydrogen) atoms. The molecule has 0 spiro atoms. The summed E-state index contributed by atoms with van der Waals surface area (Å²) >= 11 is 0. The van der Waals surface area contributed by atoms with Crippen molar-refractivity contribution in [2.24, 2.45) is 0 Å². The number of carbonyl (C=O) groups is 3. The van der Waals surface area contributed by atoms with E-state index in [-0.39, 0.29) is 18.2 Å². The topological polar surface area (TPSA) is 87.7 Å². The minimum atomic E-state index is -0.900. The Labute approximate surface area is 228 Å². The maximum absolute atomic E-state index is 14.2. The van der Waals surface area contributed by atoms with E-state index in [1.54, 1.807) is 25.7 Å². The first-order valence-electron chi connectivity index (χ1n) is 13.8. The predicted molar refractivity (Wildman–Crippen MR) is 152 cm³/mol. The van der Waals surface area contributed by atoms with Gasteiger partial charge in [0.15, 0.2) is 0 Å². The molecule has 0 aliphatic rings. The third-order valence-corrected chi connectivity index (χ3v) is 6.06. The van der Waals surface area contributed by atoms with Gasteiger partial charge in [-0.15, -0.1) is 0 Å². The number of nitrogens with one attached hydrogen (secondary N) is 2. The average molecular weight is 524 g/mol. The number of amides is 3. The third kappa shape index (κ3) is 10.6. The minimum absolute atomic E-state index is 0.215. The highest BCUT2D eigenvalue weighted by atomic mass is 16.6. The van der Waals surface area contributed by atoms with Gasteiger partial charge in [-0.3, -0.25) is 9.59 Å². The fourth-order valence-corrected chi connectivity index (χ4v) is 4.19. The highest BCUT2D eigenvalue weighted by Crippen LogP contribution is 2.24. The summed E-state index contributed by atoms with van der Waals surface area (Å²) in [5.74, 6) is -0.529. The van der Waals surface area contributed by atoms with Gasteiger partial charge in [-0.2, -0.15) is 0 Å². The van der Waals surface area contributed by atoms with Crippen LogP contribution in [-0.4, -0.2) is 47.5 Å². The second-order valence-corrected chi connectivity index (χ2v) is 10.6. The highest BCUT2D eigenvalue weighted by Gasteiger charge is 2.36. The van der Waals surface area contributed by atoms with Crippen molar-refractivity contribution in [1.82, 2.24) is 15.5 Å². The zero-order chi connectivity index (χ0) is 28.0. The highest BCUT2D eigenvalue weighted by molar-refractivity contribution is 5.92. The summed E-state index contributed by atoms with van der Waals surface area (Å²) in [4.78, 5) is 42.2. The Hall–Kier alpha value is -3.35. The molecule has 0 aliphatic heterocycles. The number of nitrogens with zero attached hydrogens (tertiary/aromatic N) is 1. The van der Waals surface area contributed by atoms with Crippen LogP contribution < -0.4 is 10.6 Å². The molecule has 0 aromatic heterocycles. The Bertz CT molecular complexity index is 989. The molecule has 2 aromatic carbocycles. The normalized spacial score (nSPS) is 12.8. The molecular formula is C31H45N3O4. The summed E-state index contributed by atoms with van der Waals surface area (Å²) < 4.78 is 5.49. The van der Waals surface area contributed by atoms with Crippen LogP contribution in [0.4, 0.5) is 4.79 Å². The van der Waals surface area contributed by atoms with Crippen molar-refractivity contribution in [3.8, 4) is 0 Å². The van der Waals surface area contributed by atoms with Crippen LogP contribution in [0.1, 0.15) is 83.9 Å². The summed E-state index contributed by atoms with van der Waals surface area (Å²) in [6, 6.07) is 17.2. The molecule has 2 N–H and O–H groups in total. The van der Waals surface area contributed by atoms with Crippen molar-refractivity contribution in [3.63, 3.8) is 0 Å². The fourth-order valence-electron chi connectivity index (χ4n) is 4.19. The van der Waals surface area contributed by atoms with Crippen LogP contribution in [0.5, 0.6) is 0 Å². The molecule has 208 valence electrons. The maximum Gasteiger partial charge on any atom is 0.408 e. The van der Waals surface area contributed by atoms with E-state index < -0.39 is 23.8 Å². The Balaban J connectivity index is 2.44. The van der Waals surface area contributed by atoms with Crippen molar-refractivity contribution in [2.45, 2.75) is 90.8 Å². The molecule has 7 heteroatoms. The van der Waals surface area contributed by atoms with Gasteiger partial charge in [0.25, 0.3) is 0 Å². The molecule has 2 atom stereocenters. The van der Waals surface area contributed by atoms with E-state index in [4.69, 9.17) is 4.74 Å². The van der Waals surface area contributed by atoms with Gasteiger partial charge in [0.2, 0.25) is 11.8 Å². The van der Waals surface area contributed by atoms with E-state index in [1.165, 1.54) is 0 Å². The third-order valence-electron chi connectivity index (χ3n) is 6.06. The fraction of sp³-hybridized carbons (Fsp3) is 0.516. The van der Waals surface area contributed by atoms with E-state index in [0.29, 0.717) is 13.1 Å². The predicted octanol–water partition coefficient (Wildman–Crippen LogP) is 5.80. The molecule has 2 aromatic rings. The van der Waals surface area contributed by atoms with E-state index in [9.17, 15) is 14.4 Å². The van der Waals surface area contributed by atoms with E-state index in [1.807, 2.05) is 67.6 Å². The second-order valence-electron chi connectivity index (χ2n) is 10.6. The molecule has 0 saturated carbocycles. The van der Waals surface area contributed by atoms with Crippen LogP contribution in [0.15, 0.2) is 60.7 Å². The number of ether oxygens (including phenoxy) is 1. The quantitative estimate of drug-likeness (QED) is 0.307. The minimum Gasteiger partial charge on any atom is -0.444 e. The number of carbonyl (C=O) groups excluding carboxylic acids is 3. The standard InChI is InChI=1S/C31H45N3O4/c1-6-8-16-21-32-28(35)27(25-19-14-11-15-20-25)34(22-9-7-2)29(36)26(23-24-17-12-10-13-18-24)33-30(37)38-31(3,4)5/h10-15,17-20,26-27H,6-9,16,21-23H2,1-5H3,(H,32,35)(H,33,37). The van der Waals surface area contributed by atoms with Crippen molar-refractivity contribution in [1.29, 1.82) is 0 Å². The summed E-state index contributed by atoms with van der Waals surface area (Å²) in [7, 11) is 0. The molecule has 3 amide bonds. The van der Waals surface area contributed by atoms with Crippen LogP contribution >= 0.6 is 0 Å². The van der Waals surface area contributed by atoms with E-state index in [2.05, 4.69) is 17.6 Å². The lowest BCUT2D eigenvalue weighted by atomic mass is 10.00. The molecule has 0 radical (unpaired) electrons. The largest absolute Gasteiger partial charge is 0.444 e. The lowest BCUT2D eigenvalue weighted by molar-refractivity contribution is -0.142. The summed E-state index contributed by atoms with van der Waals surface area (Å²) in [6.07, 6.45) is 4.15.